The van der Waals surface area contributed by atoms with Crippen molar-refractivity contribution in [1.82, 2.24) is 0 Å². The van der Waals surface area contributed by atoms with E-state index in [1.54, 1.807) is 6.92 Å². The summed E-state index contributed by atoms with van der Waals surface area (Å²) in [7, 11) is 0. The Morgan fingerprint density at radius 1 is 0.478 bits per heavy atom. The summed E-state index contributed by atoms with van der Waals surface area (Å²) >= 11 is 0. The summed E-state index contributed by atoms with van der Waals surface area (Å²) in [5.74, 6) is 0.349. The molecule has 1 heteroatoms. The minimum Gasteiger partial charge on any atom is -0.300 e. The van der Waals surface area contributed by atoms with Gasteiger partial charge in [-0.2, -0.15) is 0 Å². The van der Waals surface area contributed by atoms with Gasteiger partial charge < -0.3 is 4.79 Å². The molecule has 0 aliphatic heterocycles. The van der Waals surface area contributed by atoms with E-state index in [-0.39, 0.29) is 0 Å². The summed E-state index contributed by atoms with van der Waals surface area (Å²) in [5.41, 5.74) is 0. The second-order valence-electron chi connectivity index (χ2n) is 7.46. The van der Waals surface area contributed by atoms with Gasteiger partial charge in [-0.1, -0.05) is 116 Å². The van der Waals surface area contributed by atoms with Crippen molar-refractivity contribution in [3.05, 3.63) is 0 Å². The highest BCUT2D eigenvalue weighted by molar-refractivity contribution is 5.75. The average molecular weight is 325 g/mol. The second kappa shape index (κ2) is 19.7. The zero-order valence-corrected chi connectivity index (χ0v) is 16.3. The summed E-state index contributed by atoms with van der Waals surface area (Å²) in [6.07, 6.45) is 26.0. The maximum absolute atomic E-state index is 10.8. The van der Waals surface area contributed by atoms with Gasteiger partial charge in [0, 0.05) is 6.42 Å². The molecule has 0 fully saturated rings. The van der Waals surface area contributed by atoms with Crippen molar-refractivity contribution in [2.45, 2.75) is 136 Å². The molecular weight excluding hydrogens is 280 g/mol. The third kappa shape index (κ3) is 21.7. The van der Waals surface area contributed by atoms with Crippen LogP contribution in [-0.4, -0.2) is 5.78 Å². The van der Waals surface area contributed by atoms with E-state index in [4.69, 9.17) is 0 Å². The molecule has 0 atom stereocenters. The van der Waals surface area contributed by atoms with E-state index >= 15 is 0 Å². The van der Waals surface area contributed by atoms with E-state index in [0.717, 1.165) is 12.8 Å². The van der Waals surface area contributed by atoms with Crippen LogP contribution in [0.4, 0.5) is 0 Å². The van der Waals surface area contributed by atoms with Gasteiger partial charge in [0.25, 0.3) is 0 Å². The van der Waals surface area contributed by atoms with Gasteiger partial charge in [-0.15, -0.1) is 0 Å². The predicted octanol–water partition coefficient (Wildman–Crippen LogP) is 8.01. The first-order chi connectivity index (χ1) is 11.3. The normalized spacial score (nSPS) is 11.0. The third-order valence-corrected chi connectivity index (χ3v) is 4.88. The maximum atomic E-state index is 10.8. The fourth-order valence-corrected chi connectivity index (χ4v) is 3.28. The van der Waals surface area contributed by atoms with E-state index in [1.165, 1.54) is 109 Å². The first-order valence-electron chi connectivity index (χ1n) is 10.8. The van der Waals surface area contributed by atoms with Crippen LogP contribution < -0.4 is 0 Å². The average Bonchev–Trinajstić information content (AvgIpc) is 2.53. The molecule has 0 aromatic rings. The van der Waals surface area contributed by atoms with Gasteiger partial charge in [0.05, 0.1) is 0 Å². The molecule has 0 aliphatic carbocycles. The van der Waals surface area contributed by atoms with Crippen LogP contribution in [0.5, 0.6) is 0 Å². The fraction of sp³-hybridized carbons (Fsp3) is 0.955. The number of carbonyl (C=O) groups excluding carboxylic acids is 1. The van der Waals surface area contributed by atoms with Crippen LogP contribution in [-0.2, 0) is 4.79 Å². The number of carbonyl (C=O) groups is 1. The summed E-state index contributed by atoms with van der Waals surface area (Å²) in [4.78, 5) is 10.8. The Morgan fingerprint density at radius 3 is 1.00 bits per heavy atom. The molecule has 0 rings (SSSR count). The van der Waals surface area contributed by atoms with Crippen LogP contribution in [0.15, 0.2) is 0 Å². The van der Waals surface area contributed by atoms with Gasteiger partial charge in [0.2, 0.25) is 0 Å². The number of Topliss-reactive ketones (excluding diaryl/α,β-unsaturated/α-hetero) is 1. The van der Waals surface area contributed by atoms with E-state index in [1.807, 2.05) is 0 Å². The Labute approximate surface area is 147 Å². The molecule has 0 aliphatic rings. The van der Waals surface area contributed by atoms with Gasteiger partial charge in [-0.25, -0.2) is 0 Å². The van der Waals surface area contributed by atoms with Crippen molar-refractivity contribution in [3.8, 4) is 0 Å². The highest BCUT2D eigenvalue weighted by Gasteiger charge is 1.96. The molecular formula is C22H44O. The molecule has 0 aromatic heterocycles. The topological polar surface area (TPSA) is 17.1 Å². The Bertz CT molecular complexity index is 234. The molecule has 0 N–H and O–H groups in total. The minimum absolute atomic E-state index is 0.349. The first kappa shape index (κ1) is 22.7. The van der Waals surface area contributed by atoms with Crippen molar-refractivity contribution in [2.75, 3.05) is 0 Å². The van der Waals surface area contributed by atoms with E-state index in [9.17, 15) is 4.79 Å². The number of ketones is 1. The van der Waals surface area contributed by atoms with Crippen LogP contribution >= 0.6 is 0 Å². The van der Waals surface area contributed by atoms with Gasteiger partial charge in [-0.05, 0) is 13.3 Å². The molecule has 0 radical (unpaired) electrons. The molecule has 0 bridgehead atoms. The first-order valence-corrected chi connectivity index (χ1v) is 10.8. The second-order valence-corrected chi connectivity index (χ2v) is 7.46. The maximum Gasteiger partial charge on any atom is 0.129 e. The Morgan fingerprint density at radius 2 is 0.739 bits per heavy atom. The Kier molecular flexibility index (Phi) is 19.4. The van der Waals surface area contributed by atoms with Gasteiger partial charge in [0.15, 0.2) is 0 Å². The lowest BCUT2D eigenvalue weighted by atomic mass is 10.0. The monoisotopic (exact) mass is 324 g/mol. The minimum atomic E-state index is 0.349. The van der Waals surface area contributed by atoms with Crippen molar-refractivity contribution in [1.29, 1.82) is 0 Å². The number of unbranched alkanes of at least 4 members (excludes halogenated alkanes) is 17. The molecule has 0 spiro atoms. The summed E-state index contributed by atoms with van der Waals surface area (Å²) in [6.45, 7) is 3.99. The Hall–Kier alpha value is -0.330. The van der Waals surface area contributed by atoms with Gasteiger partial charge in [-0.3, -0.25) is 0 Å². The summed E-state index contributed by atoms with van der Waals surface area (Å²) in [5, 5.41) is 0. The summed E-state index contributed by atoms with van der Waals surface area (Å²) < 4.78 is 0. The molecule has 0 aromatic carbocycles. The Balaban J connectivity index is 2.96. The largest absolute Gasteiger partial charge is 0.300 e. The van der Waals surface area contributed by atoms with E-state index < -0.39 is 0 Å². The van der Waals surface area contributed by atoms with Crippen molar-refractivity contribution in [3.63, 3.8) is 0 Å². The number of hydrogen-bond acceptors (Lipinski definition) is 1. The van der Waals surface area contributed by atoms with Crippen molar-refractivity contribution >= 4 is 5.78 Å². The molecule has 23 heavy (non-hydrogen) atoms. The molecule has 0 amide bonds. The summed E-state index contributed by atoms with van der Waals surface area (Å²) in [6, 6.07) is 0. The molecule has 0 unspecified atom stereocenters. The third-order valence-electron chi connectivity index (χ3n) is 4.88. The molecule has 1 nitrogen and oxygen atoms in total. The molecule has 138 valence electrons. The highest BCUT2D eigenvalue weighted by atomic mass is 16.1. The SMILES string of the molecule is CCCCCCCCCCCCCCCCCCCCC(C)=O. The van der Waals surface area contributed by atoms with Gasteiger partial charge >= 0.3 is 0 Å². The standard InChI is InChI=1S/C22H44O/c1-3-4-5-6-7-8-9-10-11-12-13-14-15-16-17-18-19-20-21-22(2)23/h3-21H2,1-2H3. The number of hydrogen-bond donors (Lipinski definition) is 0. The van der Waals surface area contributed by atoms with Crippen molar-refractivity contribution < 1.29 is 4.79 Å². The lowest BCUT2D eigenvalue weighted by Gasteiger charge is -2.03. The highest BCUT2D eigenvalue weighted by Crippen LogP contribution is 2.14. The van der Waals surface area contributed by atoms with Gasteiger partial charge in [0.1, 0.15) is 5.78 Å². The molecule has 0 heterocycles. The lowest BCUT2D eigenvalue weighted by molar-refractivity contribution is -0.117. The zero-order valence-electron chi connectivity index (χ0n) is 16.3. The fourth-order valence-electron chi connectivity index (χ4n) is 3.28. The van der Waals surface area contributed by atoms with E-state index in [2.05, 4.69) is 6.92 Å². The molecule has 0 saturated carbocycles. The van der Waals surface area contributed by atoms with Crippen LogP contribution in [0.1, 0.15) is 136 Å². The van der Waals surface area contributed by atoms with Crippen LogP contribution in [0.3, 0.4) is 0 Å². The number of rotatable bonds is 19. The van der Waals surface area contributed by atoms with Crippen molar-refractivity contribution in [2.24, 2.45) is 0 Å². The molecule has 0 saturated heterocycles. The quantitative estimate of drug-likeness (QED) is 0.220. The van der Waals surface area contributed by atoms with Crippen LogP contribution in [0.25, 0.3) is 0 Å². The van der Waals surface area contributed by atoms with Crippen LogP contribution in [0.2, 0.25) is 0 Å². The van der Waals surface area contributed by atoms with Crippen LogP contribution in [0, 0.1) is 0 Å². The lowest BCUT2D eigenvalue weighted by Crippen LogP contribution is -1.89. The smallest absolute Gasteiger partial charge is 0.129 e. The van der Waals surface area contributed by atoms with E-state index in [0.29, 0.717) is 5.78 Å². The zero-order chi connectivity index (χ0) is 17.0. The predicted molar refractivity (Wildman–Crippen MR) is 104 cm³/mol.